The van der Waals surface area contributed by atoms with Crippen molar-refractivity contribution in [2.45, 2.75) is 56.9 Å². The van der Waals surface area contributed by atoms with Crippen molar-refractivity contribution in [3.63, 3.8) is 0 Å². The summed E-state index contributed by atoms with van der Waals surface area (Å²) in [5.41, 5.74) is 0. The molecule has 0 spiro atoms. The molecule has 8 nitrogen and oxygen atoms in total. The smallest absolute Gasteiger partial charge is 0.324 e. The van der Waals surface area contributed by atoms with Gasteiger partial charge in [0.2, 0.25) is 10.0 Å². The van der Waals surface area contributed by atoms with Gasteiger partial charge in [0.15, 0.2) is 6.10 Å². The van der Waals surface area contributed by atoms with Gasteiger partial charge in [0.05, 0.1) is 17.1 Å². The van der Waals surface area contributed by atoms with Gasteiger partial charge in [0, 0.05) is 13.1 Å². The number of hydrogen-bond acceptors (Lipinski definition) is 6. The molecule has 9 heteroatoms. The van der Waals surface area contributed by atoms with E-state index in [1.165, 1.54) is 26.0 Å². The van der Waals surface area contributed by atoms with Crippen molar-refractivity contribution >= 4 is 21.9 Å². The Morgan fingerprint density at radius 3 is 2.26 bits per heavy atom. The molecule has 1 aliphatic heterocycles. The molecule has 27 heavy (non-hydrogen) atoms. The van der Waals surface area contributed by atoms with Crippen LogP contribution in [0.4, 0.5) is 0 Å². The average molecular weight is 398 g/mol. The molecule has 2 rings (SSSR count). The Kier molecular flexibility index (Phi) is 6.96. The third-order valence-electron chi connectivity index (χ3n) is 4.11. The number of hydrogen-bond donors (Lipinski definition) is 1. The lowest BCUT2D eigenvalue weighted by molar-refractivity contribution is -0.165. The monoisotopic (exact) mass is 398 g/mol. The fourth-order valence-electron chi connectivity index (χ4n) is 2.89. The van der Waals surface area contributed by atoms with Crippen LogP contribution in [0.15, 0.2) is 35.2 Å². The molecule has 1 aromatic rings. The van der Waals surface area contributed by atoms with Gasteiger partial charge in [-0.25, -0.2) is 8.42 Å². The molecular weight excluding hydrogens is 372 g/mol. The second-order valence-electron chi connectivity index (χ2n) is 6.74. The van der Waals surface area contributed by atoms with Gasteiger partial charge in [-0.05, 0) is 39.8 Å². The first-order valence-electron chi connectivity index (χ1n) is 8.82. The van der Waals surface area contributed by atoms with Crippen molar-refractivity contribution in [2.24, 2.45) is 0 Å². The Bertz CT molecular complexity index is 757. The average Bonchev–Trinajstić information content (AvgIpc) is 2.60. The summed E-state index contributed by atoms with van der Waals surface area (Å²) in [6.45, 7) is 7.42. The van der Waals surface area contributed by atoms with Crippen LogP contribution >= 0.6 is 0 Å². The number of carbonyl (C=O) groups is 2. The molecule has 150 valence electrons. The summed E-state index contributed by atoms with van der Waals surface area (Å²) in [4.78, 5) is 26.4. The third-order valence-corrected chi connectivity index (χ3v) is 5.67. The van der Waals surface area contributed by atoms with Gasteiger partial charge in [0.25, 0.3) is 5.91 Å². The third kappa shape index (κ3) is 5.75. The Labute approximate surface area is 159 Å². The summed E-state index contributed by atoms with van der Waals surface area (Å²) >= 11 is 0. The highest BCUT2D eigenvalue weighted by atomic mass is 32.2. The standard InChI is InChI=1S/C18H26N2O6S/c1-12-10-20(11-13(2)25-12)17(21)15(4)26-18(22)14(3)19-27(23,24)16-8-6-5-7-9-16/h5-9,12-15,19H,10-11H2,1-4H3. The molecule has 1 fully saturated rings. The van der Waals surface area contributed by atoms with Crippen molar-refractivity contribution in [1.82, 2.24) is 9.62 Å². The molecule has 1 amide bonds. The highest BCUT2D eigenvalue weighted by Gasteiger charge is 2.32. The van der Waals surface area contributed by atoms with Crippen molar-refractivity contribution in [3.8, 4) is 0 Å². The quantitative estimate of drug-likeness (QED) is 0.715. The van der Waals surface area contributed by atoms with Crippen LogP contribution in [-0.4, -0.2) is 62.6 Å². The minimum atomic E-state index is -3.86. The van der Waals surface area contributed by atoms with E-state index in [4.69, 9.17) is 9.47 Å². The van der Waals surface area contributed by atoms with Crippen molar-refractivity contribution in [1.29, 1.82) is 0 Å². The van der Waals surface area contributed by atoms with E-state index in [9.17, 15) is 18.0 Å². The molecule has 1 heterocycles. The number of morpholine rings is 1. The molecule has 0 saturated carbocycles. The van der Waals surface area contributed by atoms with Gasteiger partial charge in [-0.2, -0.15) is 4.72 Å². The number of amides is 1. The molecular formula is C18H26N2O6S. The minimum Gasteiger partial charge on any atom is -0.451 e. The van der Waals surface area contributed by atoms with Crippen LogP contribution in [0.1, 0.15) is 27.7 Å². The molecule has 0 aliphatic carbocycles. The molecule has 0 bridgehead atoms. The summed E-state index contributed by atoms with van der Waals surface area (Å²) in [6.07, 6.45) is -1.21. The summed E-state index contributed by atoms with van der Waals surface area (Å²) in [5, 5.41) is 0. The lowest BCUT2D eigenvalue weighted by Gasteiger charge is -2.36. The van der Waals surface area contributed by atoms with E-state index < -0.39 is 28.1 Å². The molecule has 1 saturated heterocycles. The van der Waals surface area contributed by atoms with Crippen LogP contribution in [0, 0.1) is 0 Å². The molecule has 1 N–H and O–H groups in total. The van der Waals surface area contributed by atoms with Crippen LogP contribution in [0.5, 0.6) is 0 Å². The zero-order chi connectivity index (χ0) is 20.2. The first-order chi connectivity index (χ1) is 12.6. The number of rotatable bonds is 6. The maximum absolute atomic E-state index is 12.5. The summed E-state index contributed by atoms with van der Waals surface area (Å²) in [7, 11) is -3.86. The predicted octanol–water partition coefficient (Wildman–Crippen LogP) is 0.921. The topological polar surface area (TPSA) is 102 Å². The maximum Gasteiger partial charge on any atom is 0.324 e. The number of nitrogens with one attached hydrogen (secondary N) is 1. The number of carbonyl (C=O) groups excluding carboxylic acids is 2. The van der Waals surface area contributed by atoms with Gasteiger partial charge >= 0.3 is 5.97 Å². The Morgan fingerprint density at radius 1 is 1.15 bits per heavy atom. The van der Waals surface area contributed by atoms with Crippen molar-refractivity contribution in [2.75, 3.05) is 13.1 Å². The second kappa shape index (κ2) is 8.81. The Balaban J connectivity index is 1.94. The van der Waals surface area contributed by atoms with E-state index in [1.807, 2.05) is 13.8 Å². The molecule has 0 radical (unpaired) electrons. The fourth-order valence-corrected chi connectivity index (χ4v) is 4.10. The number of benzene rings is 1. The molecule has 1 aliphatic rings. The van der Waals surface area contributed by atoms with Gasteiger partial charge in [-0.3, -0.25) is 9.59 Å². The number of nitrogens with zero attached hydrogens (tertiary/aromatic N) is 1. The number of sulfonamides is 1. The zero-order valence-electron chi connectivity index (χ0n) is 15.9. The van der Waals surface area contributed by atoms with E-state index in [2.05, 4.69) is 4.72 Å². The molecule has 4 unspecified atom stereocenters. The SMILES string of the molecule is CC1CN(C(=O)C(C)OC(=O)C(C)NS(=O)(=O)c2ccccc2)CC(C)O1. The molecule has 0 aromatic heterocycles. The Morgan fingerprint density at radius 2 is 1.70 bits per heavy atom. The zero-order valence-corrected chi connectivity index (χ0v) is 16.7. The summed E-state index contributed by atoms with van der Waals surface area (Å²) in [5.74, 6) is -1.15. The minimum absolute atomic E-state index is 0.0464. The van der Waals surface area contributed by atoms with Gasteiger partial charge in [0.1, 0.15) is 6.04 Å². The lowest BCUT2D eigenvalue weighted by atomic mass is 10.2. The lowest BCUT2D eigenvalue weighted by Crippen LogP contribution is -2.52. The number of esters is 1. The van der Waals surface area contributed by atoms with Crippen LogP contribution in [0.25, 0.3) is 0 Å². The Hall–Kier alpha value is -1.97. The van der Waals surface area contributed by atoms with E-state index >= 15 is 0 Å². The second-order valence-corrected chi connectivity index (χ2v) is 8.45. The van der Waals surface area contributed by atoms with Gasteiger partial charge < -0.3 is 14.4 Å². The van der Waals surface area contributed by atoms with E-state index in [-0.39, 0.29) is 23.0 Å². The summed E-state index contributed by atoms with van der Waals surface area (Å²) in [6, 6.07) is 6.58. The first kappa shape index (κ1) is 21.3. The van der Waals surface area contributed by atoms with Crippen LogP contribution < -0.4 is 4.72 Å². The van der Waals surface area contributed by atoms with Gasteiger partial charge in [-0.15, -0.1) is 0 Å². The molecule has 4 atom stereocenters. The van der Waals surface area contributed by atoms with Crippen LogP contribution in [-0.2, 0) is 29.1 Å². The molecule has 1 aromatic carbocycles. The largest absolute Gasteiger partial charge is 0.451 e. The van der Waals surface area contributed by atoms with Crippen LogP contribution in [0.3, 0.4) is 0 Å². The fraction of sp³-hybridized carbons (Fsp3) is 0.556. The maximum atomic E-state index is 12.5. The predicted molar refractivity (Wildman–Crippen MR) is 98.4 cm³/mol. The van der Waals surface area contributed by atoms with E-state index in [1.54, 1.807) is 23.1 Å². The highest BCUT2D eigenvalue weighted by Crippen LogP contribution is 2.13. The normalized spacial score (nSPS) is 22.7. The van der Waals surface area contributed by atoms with E-state index in [0.29, 0.717) is 13.1 Å². The highest BCUT2D eigenvalue weighted by molar-refractivity contribution is 7.89. The van der Waals surface area contributed by atoms with E-state index in [0.717, 1.165) is 0 Å². The van der Waals surface area contributed by atoms with Crippen molar-refractivity contribution in [3.05, 3.63) is 30.3 Å². The van der Waals surface area contributed by atoms with Crippen molar-refractivity contribution < 1.29 is 27.5 Å². The van der Waals surface area contributed by atoms with Gasteiger partial charge in [-0.1, -0.05) is 18.2 Å². The van der Waals surface area contributed by atoms with Crippen LogP contribution in [0.2, 0.25) is 0 Å². The first-order valence-corrected chi connectivity index (χ1v) is 10.3. The summed E-state index contributed by atoms with van der Waals surface area (Å²) < 4.78 is 37.6. The number of ether oxygens (including phenoxy) is 2.